The molecule has 0 atom stereocenters. The van der Waals surface area contributed by atoms with Crippen LogP contribution in [0, 0.1) is 10.1 Å². The summed E-state index contributed by atoms with van der Waals surface area (Å²) in [5.74, 6) is -0.393. The van der Waals surface area contributed by atoms with E-state index in [1.165, 1.54) is 28.8 Å². The average Bonchev–Trinajstić information content (AvgIpc) is 3.29. The highest BCUT2D eigenvalue weighted by atomic mass is 32.2. The largest absolute Gasteiger partial charge is 0.272 e. The zero-order chi connectivity index (χ0) is 25.9. The fourth-order valence-corrected chi connectivity index (χ4v) is 6.41. The Morgan fingerprint density at radius 3 is 2.76 bits per heavy atom. The van der Waals surface area contributed by atoms with Crippen LogP contribution in [0.5, 0.6) is 0 Å². The van der Waals surface area contributed by atoms with Crippen molar-refractivity contribution < 1.29 is 9.72 Å². The molecule has 1 N–H and O–H groups in total. The van der Waals surface area contributed by atoms with Crippen LogP contribution >= 0.6 is 23.1 Å². The van der Waals surface area contributed by atoms with Gasteiger partial charge in [-0.2, -0.15) is 5.10 Å². The number of fused-ring (bicyclic) bond motifs is 3. The van der Waals surface area contributed by atoms with Crippen molar-refractivity contribution in [3.8, 4) is 5.69 Å². The number of amides is 1. The molecular weight excluding hydrogens is 510 g/mol. The van der Waals surface area contributed by atoms with Crippen LogP contribution in [0.1, 0.15) is 35.8 Å². The molecule has 0 fully saturated rings. The lowest BCUT2D eigenvalue weighted by atomic mass is 9.97. The molecule has 188 valence electrons. The smallest absolute Gasteiger partial charge is 0.270 e. The van der Waals surface area contributed by atoms with E-state index in [1.807, 2.05) is 30.3 Å². The molecule has 0 bridgehead atoms. The number of nitro benzene ring substituents is 1. The third-order valence-corrected chi connectivity index (χ3v) is 8.25. The SMILES string of the molecule is C/C(=N/NC(=O)CSc1nc2sc3c(c2c(=O)n1-c1ccccc1)CCCC3)c1cccc([N+](=O)[O-])c1. The molecule has 37 heavy (non-hydrogen) atoms. The van der Waals surface area contributed by atoms with Gasteiger partial charge < -0.3 is 0 Å². The number of thioether (sulfide) groups is 1. The van der Waals surface area contributed by atoms with Gasteiger partial charge in [0.2, 0.25) is 0 Å². The van der Waals surface area contributed by atoms with Crippen molar-refractivity contribution in [1.82, 2.24) is 15.0 Å². The fourth-order valence-electron chi connectivity index (χ4n) is 4.31. The first-order valence-corrected chi connectivity index (χ1v) is 13.6. The highest BCUT2D eigenvalue weighted by molar-refractivity contribution is 7.99. The van der Waals surface area contributed by atoms with Crippen LogP contribution in [0.2, 0.25) is 0 Å². The molecule has 0 radical (unpaired) electrons. The van der Waals surface area contributed by atoms with E-state index in [1.54, 1.807) is 35.0 Å². The van der Waals surface area contributed by atoms with Crippen LogP contribution < -0.4 is 11.0 Å². The van der Waals surface area contributed by atoms with Crippen molar-refractivity contribution in [1.29, 1.82) is 0 Å². The highest BCUT2D eigenvalue weighted by Crippen LogP contribution is 2.35. The normalized spacial score (nSPS) is 13.4. The standard InChI is InChI=1S/C26H23N5O4S2/c1-16(17-8-7-11-19(14-17)31(34)35)28-29-22(32)15-36-26-27-24-23(20-12-5-6-13-21(20)37-24)25(33)30(26)18-9-3-2-4-10-18/h2-4,7-11,14H,5-6,12-13,15H2,1H3,(H,29,32)/b28-16-. The number of carbonyl (C=O) groups is 1. The average molecular weight is 534 g/mol. The van der Waals surface area contributed by atoms with E-state index >= 15 is 0 Å². The monoisotopic (exact) mass is 533 g/mol. The van der Waals surface area contributed by atoms with Gasteiger partial charge in [-0.1, -0.05) is 42.1 Å². The number of benzene rings is 2. The van der Waals surface area contributed by atoms with Crippen LogP contribution in [0.15, 0.2) is 69.6 Å². The summed E-state index contributed by atoms with van der Waals surface area (Å²) in [5, 5.41) is 16.2. The van der Waals surface area contributed by atoms with Gasteiger partial charge >= 0.3 is 0 Å². The Hall–Kier alpha value is -3.83. The molecule has 1 aliphatic carbocycles. The second kappa shape index (κ2) is 10.7. The number of thiophene rings is 1. The fraction of sp³-hybridized carbons (Fsp3) is 0.231. The number of hydrazone groups is 1. The van der Waals surface area contributed by atoms with Gasteiger partial charge in [0.05, 0.1) is 27.5 Å². The zero-order valence-electron chi connectivity index (χ0n) is 20.0. The molecule has 1 aliphatic rings. The van der Waals surface area contributed by atoms with Gasteiger partial charge in [-0.05, 0) is 50.3 Å². The lowest BCUT2D eigenvalue weighted by molar-refractivity contribution is -0.384. The summed E-state index contributed by atoms with van der Waals surface area (Å²) in [6.45, 7) is 1.66. The minimum Gasteiger partial charge on any atom is -0.272 e. The third kappa shape index (κ3) is 5.18. The van der Waals surface area contributed by atoms with Gasteiger partial charge in [0.1, 0.15) is 4.83 Å². The van der Waals surface area contributed by atoms with Crippen molar-refractivity contribution in [2.75, 3.05) is 5.75 Å². The molecule has 9 nitrogen and oxygen atoms in total. The lowest BCUT2D eigenvalue weighted by Gasteiger charge is -2.13. The van der Waals surface area contributed by atoms with Gasteiger partial charge in [0.25, 0.3) is 17.2 Å². The number of aromatic nitrogens is 2. The Labute approximate surface area is 220 Å². The molecule has 0 unspecified atom stereocenters. The van der Waals surface area contributed by atoms with Gasteiger partial charge in [-0.15, -0.1) is 11.3 Å². The number of nitrogens with zero attached hydrogens (tertiary/aromatic N) is 4. The van der Waals surface area contributed by atoms with Gasteiger partial charge in [-0.25, -0.2) is 10.4 Å². The Morgan fingerprint density at radius 1 is 1.19 bits per heavy atom. The molecule has 1 amide bonds. The summed E-state index contributed by atoms with van der Waals surface area (Å²) >= 11 is 2.74. The van der Waals surface area contributed by atoms with E-state index in [9.17, 15) is 19.7 Å². The number of hydrogen-bond acceptors (Lipinski definition) is 8. The van der Waals surface area contributed by atoms with Crippen molar-refractivity contribution in [2.45, 2.75) is 37.8 Å². The maximum Gasteiger partial charge on any atom is 0.270 e. The van der Waals surface area contributed by atoms with Crippen molar-refractivity contribution in [2.24, 2.45) is 5.10 Å². The first-order chi connectivity index (χ1) is 17.9. The highest BCUT2D eigenvalue weighted by Gasteiger charge is 2.23. The topological polar surface area (TPSA) is 119 Å². The predicted octanol–water partition coefficient (Wildman–Crippen LogP) is 4.87. The number of aryl methyl sites for hydroxylation is 2. The number of non-ortho nitro benzene ring substituents is 1. The predicted molar refractivity (Wildman–Crippen MR) is 146 cm³/mol. The summed E-state index contributed by atoms with van der Waals surface area (Å²) in [6, 6.07) is 15.4. The van der Waals surface area contributed by atoms with E-state index in [4.69, 9.17) is 4.98 Å². The maximum atomic E-state index is 13.7. The van der Waals surface area contributed by atoms with Crippen molar-refractivity contribution >= 4 is 50.6 Å². The van der Waals surface area contributed by atoms with Crippen LogP contribution in [0.3, 0.4) is 0 Å². The van der Waals surface area contributed by atoms with E-state index in [0.29, 0.717) is 32.3 Å². The second-order valence-electron chi connectivity index (χ2n) is 8.59. The molecule has 4 aromatic rings. The van der Waals surface area contributed by atoms with E-state index in [-0.39, 0.29) is 22.9 Å². The molecule has 2 aromatic carbocycles. The zero-order valence-corrected chi connectivity index (χ0v) is 21.6. The summed E-state index contributed by atoms with van der Waals surface area (Å²) in [6.07, 6.45) is 4.03. The minimum atomic E-state index is -0.480. The maximum absolute atomic E-state index is 13.7. The third-order valence-electron chi connectivity index (χ3n) is 6.13. The first kappa shape index (κ1) is 24.8. The van der Waals surface area contributed by atoms with Crippen LogP contribution in [0.4, 0.5) is 5.69 Å². The van der Waals surface area contributed by atoms with E-state index in [0.717, 1.165) is 31.2 Å². The summed E-state index contributed by atoms with van der Waals surface area (Å²) < 4.78 is 1.58. The van der Waals surface area contributed by atoms with Gasteiger partial charge in [0, 0.05) is 22.6 Å². The summed E-state index contributed by atoms with van der Waals surface area (Å²) in [4.78, 5) is 43.7. The number of hydrogen-bond donors (Lipinski definition) is 1. The first-order valence-electron chi connectivity index (χ1n) is 11.8. The molecule has 0 saturated heterocycles. The quantitative estimate of drug-likeness (QED) is 0.119. The Balaban J connectivity index is 1.40. The van der Waals surface area contributed by atoms with Crippen LogP contribution in [0.25, 0.3) is 15.9 Å². The number of nitro groups is 1. The van der Waals surface area contributed by atoms with Crippen molar-refractivity contribution in [3.63, 3.8) is 0 Å². The van der Waals surface area contributed by atoms with Gasteiger partial charge in [0.15, 0.2) is 5.16 Å². The molecule has 0 saturated carbocycles. The molecule has 5 rings (SSSR count). The Kier molecular flexibility index (Phi) is 7.15. The van der Waals surface area contributed by atoms with Crippen LogP contribution in [-0.4, -0.2) is 31.8 Å². The van der Waals surface area contributed by atoms with Gasteiger partial charge in [-0.3, -0.25) is 24.3 Å². The molecule has 0 spiro atoms. The van der Waals surface area contributed by atoms with Crippen LogP contribution in [-0.2, 0) is 17.6 Å². The lowest BCUT2D eigenvalue weighted by Crippen LogP contribution is -2.24. The van der Waals surface area contributed by atoms with E-state index < -0.39 is 4.92 Å². The molecule has 11 heteroatoms. The van der Waals surface area contributed by atoms with E-state index in [2.05, 4.69) is 10.5 Å². The number of carbonyl (C=O) groups excluding carboxylic acids is 1. The molecule has 0 aliphatic heterocycles. The number of rotatable bonds is 7. The summed E-state index contributed by atoms with van der Waals surface area (Å²) in [5.41, 5.74) is 5.12. The molecular formula is C26H23N5O4S2. The number of nitrogens with one attached hydrogen (secondary N) is 1. The molecule has 2 heterocycles. The Morgan fingerprint density at radius 2 is 1.97 bits per heavy atom. The Bertz CT molecular complexity index is 1590. The minimum absolute atomic E-state index is 0.0123. The summed E-state index contributed by atoms with van der Waals surface area (Å²) in [7, 11) is 0. The second-order valence-corrected chi connectivity index (χ2v) is 10.6. The van der Waals surface area contributed by atoms with Crippen molar-refractivity contribution in [3.05, 3.63) is 91.1 Å². The number of para-hydroxylation sites is 1. The molecule has 2 aromatic heterocycles.